The Morgan fingerprint density at radius 1 is 1.29 bits per heavy atom. The Bertz CT molecular complexity index is 902. The van der Waals surface area contributed by atoms with Crippen molar-refractivity contribution < 1.29 is 9.18 Å². The van der Waals surface area contributed by atoms with Gasteiger partial charge >= 0.3 is 0 Å². The van der Waals surface area contributed by atoms with Crippen molar-refractivity contribution >= 4 is 23.3 Å². The number of halogens is 2. The molecule has 1 aromatic carbocycles. The largest absolute Gasteiger partial charge is 0.304 e. The molecule has 0 spiro atoms. The van der Waals surface area contributed by atoms with Crippen molar-refractivity contribution in [2.75, 3.05) is 5.32 Å². The third-order valence-electron chi connectivity index (χ3n) is 3.50. The molecule has 2 heterocycles. The van der Waals surface area contributed by atoms with Gasteiger partial charge in [0.25, 0.3) is 5.91 Å². The van der Waals surface area contributed by atoms with Crippen LogP contribution in [0, 0.1) is 12.7 Å². The number of hydrogen-bond acceptors (Lipinski definition) is 3. The Labute approximate surface area is 142 Å². The predicted octanol–water partition coefficient (Wildman–Crippen LogP) is 3.02. The van der Waals surface area contributed by atoms with E-state index in [4.69, 9.17) is 11.6 Å². The SMILES string of the molecule is Cc1nn(C)cc1C(=O)Nc1nn(Cc2ccccc2F)cc1Cl. The summed E-state index contributed by atoms with van der Waals surface area (Å²) in [6.07, 6.45) is 3.16. The summed E-state index contributed by atoms with van der Waals surface area (Å²) in [6.45, 7) is 1.96. The lowest BCUT2D eigenvalue weighted by molar-refractivity contribution is 0.102. The number of carbonyl (C=O) groups is 1. The molecule has 0 fully saturated rings. The van der Waals surface area contributed by atoms with Gasteiger partial charge in [0.05, 0.1) is 17.8 Å². The normalized spacial score (nSPS) is 10.8. The highest BCUT2D eigenvalue weighted by Gasteiger charge is 2.16. The van der Waals surface area contributed by atoms with E-state index in [1.165, 1.54) is 10.7 Å². The molecule has 1 amide bonds. The van der Waals surface area contributed by atoms with E-state index in [1.807, 2.05) is 0 Å². The highest BCUT2D eigenvalue weighted by Crippen LogP contribution is 2.21. The number of anilines is 1. The fourth-order valence-electron chi connectivity index (χ4n) is 2.36. The van der Waals surface area contributed by atoms with Crippen LogP contribution in [0.25, 0.3) is 0 Å². The van der Waals surface area contributed by atoms with Crippen molar-refractivity contribution in [2.45, 2.75) is 13.5 Å². The van der Waals surface area contributed by atoms with E-state index in [-0.39, 0.29) is 29.1 Å². The molecule has 6 nitrogen and oxygen atoms in total. The van der Waals surface area contributed by atoms with Gasteiger partial charge in [-0.2, -0.15) is 10.2 Å². The van der Waals surface area contributed by atoms with E-state index in [9.17, 15) is 9.18 Å². The number of benzene rings is 1. The monoisotopic (exact) mass is 347 g/mol. The van der Waals surface area contributed by atoms with Gasteiger partial charge in [-0.25, -0.2) is 4.39 Å². The highest BCUT2D eigenvalue weighted by atomic mass is 35.5. The topological polar surface area (TPSA) is 64.7 Å². The molecule has 2 aromatic heterocycles. The molecule has 0 radical (unpaired) electrons. The van der Waals surface area contributed by atoms with Crippen LogP contribution < -0.4 is 5.32 Å². The fraction of sp³-hybridized carbons (Fsp3) is 0.188. The minimum Gasteiger partial charge on any atom is -0.304 e. The van der Waals surface area contributed by atoms with E-state index in [2.05, 4.69) is 15.5 Å². The number of nitrogens with zero attached hydrogens (tertiary/aromatic N) is 4. The van der Waals surface area contributed by atoms with Crippen molar-refractivity contribution in [3.63, 3.8) is 0 Å². The third-order valence-corrected chi connectivity index (χ3v) is 3.77. The molecule has 0 saturated heterocycles. The van der Waals surface area contributed by atoms with Crippen LogP contribution in [-0.4, -0.2) is 25.5 Å². The molecule has 0 bridgehead atoms. The summed E-state index contributed by atoms with van der Waals surface area (Å²) < 4.78 is 16.7. The first-order chi connectivity index (χ1) is 11.4. The van der Waals surface area contributed by atoms with E-state index >= 15 is 0 Å². The molecule has 0 saturated carbocycles. The van der Waals surface area contributed by atoms with Crippen molar-refractivity contribution in [3.8, 4) is 0 Å². The second kappa shape index (κ2) is 6.45. The second-order valence-corrected chi connectivity index (χ2v) is 5.78. The quantitative estimate of drug-likeness (QED) is 0.789. The number of nitrogens with one attached hydrogen (secondary N) is 1. The van der Waals surface area contributed by atoms with Gasteiger partial charge in [0.1, 0.15) is 10.8 Å². The Morgan fingerprint density at radius 3 is 2.71 bits per heavy atom. The maximum Gasteiger partial charge on any atom is 0.260 e. The van der Waals surface area contributed by atoms with Gasteiger partial charge in [-0.15, -0.1) is 0 Å². The van der Waals surface area contributed by atoms with Crippen LogP contribution in [0.2, 0.25) is 5.02 Å². The number of carbonyl (C=O) groups excluding carboxylic acids is 1. The summed E-state index contributed by atoms with van der Waals surface area (Å²) in [5.74, 6) is -0.444. The maximum absolute atomic E-state index is 13.7. The Hall–Kier alpha value is -2.67. The first kappa shape index (κ1) is 16.2. The maximum atomic E-state index is 13.7. The minimum atomic E-state index is -0.348. The van der Waals surface area contributed by atoms with Crippen LogP contribution in [0.4, 0.5) is 10.2 Å². The molecule has 124 valence electrons. The first-order valence-corrected chi connectivity index (χ1v) is 7.60. The van der Waals surface area contributed by atoms with Gasteiger partial charge in [0.15, 0.2) is 5.82 Å². The summed E-state index contributed by atoms with van der Waals surface area (Å²) in [5, 5.41) is 11.3. The van der Waals surface area contributed by atoms with E-state index in [1.54, 1.807) is 49.2 Å². The smallest absolute Gasteiger partial charge is 0.260 e. The molecule has 0 aliphatic heterocycles. The lowest BCUT2D eigenvalue weighted by Gasteiger charge is -2.03. The molecular formula is C16H15ClFN5O. The zero-order valence-electron chi connectivity index (χ0n) is 13.1. The van der Waals surface area contributed by atoms with E-state index < -0.39 is 0 Å². The Balaban J connectivity index is 1.78. The standard InChI is InChI=1S/C16H15ClFN5O/c1-10-12(8-22(2)20-10)16(24)19-15-13(17)9-23(21-15)7-11-5-3-4-6-14(11)18/h3-6,8-9H,7H2,1-2H3,(H,19,21,24). The van der Waals surface area contributed by atoms with Crippen molar-refractivity contribution in [1.29, 1.82) is 0 Å². The zero-order valence-corrected chi connectivity index (χ0v) is 13.9. The summed E-state index contributed by atoms with van der Waals surface area (Å²) >= 11 is 6.11. The van der Waals surface area contributed by atoms with Crippen molar-refractivity contribution in [1.82, 2.24) is 19.6 Å². The minimum absolute atomic E-state index is 0.216. The molecule has 3 aromatic rings. The lowest BCUT2D eigenvalue weighted by atomic mass is 10.2. The Morgan fingerprint density at radius 2 is 2.04 bits per heavy atom. The number of aryl methyl sites for hydroxylation is 2. The van der Waals surface area contributed by atoms with Crippen LogP contribution in [0.15, 0.2) is 36.7 Å². The molecule has 0 atom stereocenters. The number of amides is 1. The summed E-state index contributed by atoms with van der Waals surface area (Å²) in [4.78, 5) is 12.3. The molecule has 0 aliphatic rings. The van der Waals surface area contributed by atoms with Gasteiger partial charge in [-0.05, 0) is 13.0 Å². The van der Waals surface area contributed by atoms with Crippen LogP contribution >= 0.6 is 11.6 Å². The van der Waals surface area contributed by atoms with Crippen LogP contribution in [0.5, 0.6) is 0 Å². The molecule has 3 rings (SSSR count). The van der Waals surface area contributed by atoms with Crippen LogP contribution in [0.1, 0.15) is 21.6 Å². The summed E-state index contributed by atoms with van der Waals surface area (Å²) in [7, 11) is 1.74. The summed E-state index contributed by atoms with van der Waals surface area (Å²) in [6, 6.07) is 6.42. The lowest BCUT2D eigenvalue weighted by Crippen LogP contribution is -2.13. The fourth-order valence-corrected chi connectivity index (χ4v) is 2.56. The molecule has 0 unspecified atom stereocenters. The van der Waals surface area contributed by atoms with E-state index in [0.29, 0.717) is 16.8 Å². The first-order valence-electron chi connectivity index (χ1n) is 7.22. The van der Waals surface area contributed by atoms with Gasteiger partial charge in [-0.1, -0.05) is 29.8 Å². The average molecular weight is 348 g/mol. The highest BCUT2D eigenvalue weighted by molar-refractivity contribution is 6.33. The summed E-state index contributed by atoms with van der Waals surface area (Å²) in [5.41, 5.74) is 1.53. The van der Waals surface area contributed by atoms with Gasteiger partial charge in [-0.3, -0.25) is 14.2 Å². The molecule has 8 heteroatoms. The number of aromatic nitrogens is 4. The molecular weight excluding hydrogens is 333 g/mol. The number of hydrogen-bond donors (Lipinski definition) is 1. The van der Waals surface area contributed by atoms with Crippen molar-refractivity contribution in [2.24, 2.45) is 7.05 Å². The zero-order chi connectivity index (χ0) is 17.3. The van der Waals surface area contributed by atoms with Crippen LogP contribution in [-0.2, 0) is 13.6 Å². The molecule has 0 aliphatic carbocycles. The van der Waals surface area contributed by atoms with E-state index in [0.717, 1.165) is 0 Å². The van der Waals surface area contributed by atoms with Crippen molar-refractivity contribution in [3.05, 3.63) is 64.3 Å². The predicted molar refractivity (Wildman–Crippen MR) is 88.6 cm³/mol. The average Bonchev–Trinajstić information content (AvgIpc) is 3.04. The molecule has 24 heavy (non-hydrogen) atoms. The second-order valence-electron chi connectivity index (χ2n) is 5.37. The third kappa shape index (κ3) is 3.30. The Kier molecular flexibility index (Phi) is 4.35. The number of rotatable bonds is 4. The van der Waals surface area contributed by atoms with Gasteiger partial charge in [0.2, 0.25) is 0 Å². The molecule has 1 N–H and O–H groups in total. The van der Waals surface area contributed by atoms with Crippen LogP contribution in [0.3, 0.4) is 0 Å². The van der Waals surface area contributed by atoms with Gasteiger partial charge < -0.3 is 5.32 Å². The van der Waals surface area contributed by atoms with Gasteiger partial charge in [0, 0.05) is 25.0 Å².